The number of phosphoric ester groups is 1. The van der Waals surface area contributed by atoms with Crippen LogP contribution in [0, 0.1) is 0 Å². The summed E-state index contributed by atoms with van der Waals surface area (Å²) in [5.74, 6) is 0.475. The van der Waals surface area contributed by atoms with Gasteiger partial charge in [0.05, 0.1) is 23.3 Å². The molecule has 0 heterocycles. The molecule has 1 aromatic rings. The number of aryl methyl sites for hydroxylation is 1. The molecule has 0 saturated carbocycles. The van der Waals surface area contributed by atoms with Gasteiger partial charge < -0.3 is 20.3 Å². The molecule has 0 spiro atoms. The van der Waals surface area contributed by atoms with Gasteiger partial charge in [-0.2, -0.15) is 0 Å². The van der Waals surface area contributed by atoms with Gasteiger partial charge in [0.15, 0.2) is 5.75 Å². The Morgan fingerprint density at radius 3 is 2.36 bits per heavy atom. The summed E-state index contributed by atoms with van der Waals surface area (Å²) in [5.41, 5.74) is 5.98. The Bertz CT molecular complexity index is 583. The third kappa shape index (κ3) is 9.25. The summed E-state index contributed by atoms with van der Waals surface area (Å²) in [5, 5.41) is 0.869. The quantitative estimate of drug-likeness (QED) is 0.368. The lowest BCUT2D eigenvalue weighted by Crippen LogP contribution is -2.41. The molecule has 0 unspecified atom stereocenters. The van der Waals surface area contributed by atoms with Crippen LogP contribution in [-0.4, -0.2) is 28.5 Å². The minimum Gasteiger partial charge on any atom is -0.490 e. The molecule has 0 aliphatic heterocycles. The molecule has 0 aliphatic rings. The second kappa shape index (κ2) is 10.1. The van der Waals surface area contributed by atoms with Gasteiger partial charge in [0.2, 0.25) is 0 Å². The first-order valence-electron chi connectivity index (χ1n) is 8.14. The maximum absolute atomic E-state index is 10.8. The second-order valence-corrected chi connectivity index (χ2v) is 8.42. The molecule has 25 heavy (non-hydrogen) atoms. The van der Waals surface area contributed by atoms with Crippen LogP contribution in [0.4, 0.5) is 0 Å². The van der Waals surface area contributed by atoms with Crippen molar-refractivity contribution in [2.45, 2.75) is 51.5 Å². The lowest BCUT2D eigenvalue weighted by atomic mass is 9.95. The van der Waals surface area contributed by atoms with Gasteiger partial charge in [0.1, 0.15) is 0 Å². The number of halogens is 2. The Hall–Kier alpha value is -0.330. The minimum atomic E-state index is -4.53. The maximum Gasteiger partial charge on any atom is 0.469 e. The van der Waals surface area contributed by atoms with Crippen molar-refractivity contribution in [3.8, 4) is 5.75 Å². The van der Waals surface area contributed by atoms with Gasteiger partial charge in [0, 0.05) is 5.54 Å². The first-order valence-corrected chi connectivity index (χ1v) is 10.4. The molecular formula is C16H26Cl2NO5P. The maximum atomic E-state index is 10.8. The standard InChI is InChI=1S/C16H26Cl2NO5P/c1-3-4-5-8-23-15-13(17)9-12(10-14(15)18)6-7-16(2,19)11-24-25(20,21)22/h9-10H,3-8,11,19H2,1-2H3,(H2,20,21,22)/t16-/m1/s1. The molecule has 1 aromatic carbocycles. The number of phosphoric acid groups is 1. The van der Waals surface area contributed by atoms with E-state index in [0.717, 1.165) is 24.8 Å². The molecule has 0 bridgehead atoms. The van der Waals surface area contributed by atoms with Gasteiger partial charge in [-0.15, -0.1) is 0 Å². The molecule has 9 heteroatoms. The highest BCUT2D eigenvalue weighted by molar-refractivity contribution is 7.46. The van der Waals surface area contributed by atoms with Gasteiger partial charge in [-0.05, 0) is 43.9 Å². The highest BCUT2D eigenvalue weighted by atomic mass is 35.5. The first kappa shape index (κ1) is 22.7. The van der Waals surface area contributed by atoms with Crippen LogP contribution in [0.25, 0.3) is 0 Å². The van der Waals surface area contributed by atoms with Crippen LogP contribution in [0.2, 0.25) is 10.0 Å². The summed E-state index contributed by atoms with van der Waals surface area (Å²) in [6, 6.07) is 3.53. The predicted molar refractivity (Wildman–Crippen MR) is 100 cm³/mol. The SMILES string of the molecule is CCCCCOc1c(Cl)cc(CC[C@@](C)(N)COP(=O)(O)O)cc1Cl. The predicted octanol–water partition coefficient (Wildman–Crippen LogP) is 4.32. The molecular weight excluding hydrogens is 388 g/mol. The van der Waals surface area contributed by atoms with E-state index in [9.17, 15) is 4.57 Å². The number of nitrogens with two attached hydrogens (primary N) is 1. The van der Waals surface area contributed by atoms with Gasteiger partial charge >= 0.3 is 7.82 Å². The number of unbranched alkanes of at least 4 members (excludes halogenated alkanes) is 2. The third-order valence-electron chi connectivity index (χ3n) is 3.60. The molecule has 0 saturated heterocycles. The highest BCUT2D eigenvalue weighted by Crippen LogP contribution is 2.37. The number of rotatable bonds is 11. The van der Waals surface area contributed by atoms with Crippen molar-refractivity contribution in [3.63, 3.8) is 0 Å². The molecule has 0 amide bonds. The van der Waals surface area contributed by atoms with E-state index in [2.05, 4.69) is 11.4 Å². The van der Waals surface area contributed by atoms with Gasteiger partial charge in [0.25, 0.3) is 0 Å². The lowest BCUT2D eigenvalue weighted by Gasteiger charge is -2.24. The number of benzene rings is 1. The smallest absolute Gasteiger partial charge is 0.469 e. The van der Waals surface area contributed by atoms with Crippen LogP contribution in [0.15, 0.2) is 12.1 Å². The zero-order chi connectivity index (χ0) is 19.1. The van der Waals surface area contributed by atoms with Crippen molar-refractivity contribution < 1.29 is 23.6 Å². The minimum absolute atomic E-state index is 0.253. The average Bonchev–Trinajstić information content (AvgIpc) is 2.49. The van der Waals surface area contributed by atoms with Crippen LogP contribution in [0.1, 0.15) is 45.1 Å². The Labute approximate surface area is 158 Å². The van der Waals surface area contributed by atoms with Crippen molar-refractivity contribution in [1.82, 2.24) is 0 Å². The topological polar surface area (TPSA) is 102 Å². The van der Waals surface area contributed by atoms with Gasteiger partial charge in [-0.3, -0.25) is 4.52 Å². The van der Waals surface area contributed by atoms with Crippen molar-refractivity contribution in [2.75, 3.05) is 13.2 Å². The van der Waals surface area contributed by atoms with Crippen molar-refractivity contribution in [1.29, 1.82) is 0 Å². The van der Waals surface area contributed by atoms with Gasteiger partial charge in [-0.25, -0.2) is 4.57 Å². The Morgan fingerprint density at radius 1 is 1.24 bits per heavy atom. The van der Waals surface area contributed by atoms with Crippen LogP contribution >= 0.6 is 31.0 Å². The summed E-state index contributed by atoms with van der Waals surface area (Å²) in [4.78, 5) is 17.5. The van der Waals surface area contributed by atoms with E-state index in [1.807, 2.05) is 0 Å². The monoisotopic (exact) mass is 413 g/mol. The number of hydrogen-bond acceptors (Lipinski definition) is 4. The van der Waals surface area contributed by atoms with Crippen LogP contribution in [-0.2, 0) is 15.5 Å². The summed E-state index contributed by atoms with van der Waals surface area (Å²) in [6.07, 6.45) is 4.10. The van der Waals surface area contributed by atoms with Gasteiger partial charge in [-0.1, -0.05) is 43.0 Å². The fraction of sp³-hybridized carbons (Fsp3) is 0.625. The van der Waals surface area contributed by atoms with E-state index in [0.29, 0.717) is 35.2 Å². The van der Waals surface area contributed by atoms with E-state index in [4.69, 9.17) is 43.5 Å². The van der Waals surface area contributed by atoms with Crippen LogP contribution < -0.4 is 10.5 Å². The fourth-order valence-corrected chi connectivity index (χ4v) is 3.26. The third-order valence-corrected chi connectivity index (χ3v) is 4.63. The van der Waals surface area contributed by atoms with Crippen LogP contribution in [0.5, 0.6) is 5.75 Å². The zero-order valence-electron chi connectivity index (χ0n) is 14.5. The first-order chi connectivity index (χ1) is 11.5. The number of ether oxygens (including phenoxy) is 1. The molecule has 4 N–H and O–H groups in total. The summed E-state index contributed by atoms with van der Waals surface area (Å²) in [7, 11) is -4.53. The van der Waals surface area contributed by atoms with E-state index >= 15 is 0 Å². The molecule has 0 radical (unpaired) electrons. The van der Waals surface area contributed by atoms with E-state index in [1.165, 1.54) is 0 Å². The average molecular weight is 414 g/mol. The summed E-state index contributed by atoms with van der Waals surface area (Å²) in [6.45, 7) is 4.09. The largest absolute Gasteiger partial charge is 0.490 e. The fourth-order valence-electron chi connectivity index (χ4n) is 2.15. The van der Waals surface area contributed by atoms with Crippen molar-refractivity contribution >= 4 is 31.0 Å². The Kier molecular flexibility index (Phi) is 9.19. The Balaban J connectivity index is 2.63. The number of hydrogen-bond donors (Lipinski definition) is 3. The zero-order valence-corrected chi connectivity index (χ0v) is 16.9. The summed E-state index contributed by atoms with van der Waals surface area (Å²) >= 11 is 12.5. The lowest BCUT2D eigenvalue weighted by molar-refractivity contribution is 0.154. The molecule has 0 aromatic heterocycles. The van der Waals surface area contributed by atoms with E-state index < -0.39 is 13.4 Å². The molecule has 0 aliphatic carbocycles. The van der Waals surface area contributed by atoms with Crippen molar-refractivity contribution in [3.05, 3.63) is 27.7 Å². The highest BCUT2D eigenvalue weighted by Gasteiger charge is 2.24. The molecule has 6 nitrogen and oxygen atoms in total. The second-order valence-electron chi connectivity index (χ2n) is 6.36. The van der Waals surface area contributed by atoms with Crippen LogP contribution in [0.3, 0.4) is 0 Å². The Morgan fingerprint density at radius 2 is 1.84 bits per heavy atom. The van der Waals surface area contributed by atoms with E-state index in [1.54, 1.807) is 19.1 Å². The van der Waals surface area contributed by atoms with Crippen molar-refractivity contribution in [2.24, 2.45) is 5.73 Å². The normalized spacial score (nSPS) is 14.4. The summed E-state index contributed by atoms with van der Waals surface area (Å²) < 4.78 is 20.9. The molecule has 0 fully saturated rings. The molecule has 144 valence electrons. The molecule has 1 rings (SSSR count). The van der Waals surface area contributed by atoms with E-state index in [-0.39, 0.29) is 6.61 Å². The molecule has 1 atom stereocenters.